The highest BCUT2D eigenvalue weighted by Gasteiger charge is 2.64. The molecule has 4 atom stereocenters. The smallest absolute Gasteiger partial charge is 0.308 e. The first-order valence-corrected chi connectivity index (χ1v) is 12.8. The maximum absolute atomic E-state index is 13.7. The molecule has 0 bridgehead atoms. The number of aryl methyl sites for hydroxylation is 3. The van der Waals surface area contributed by atoms with Crippen molar-refractivity contribution in [3.05, 3.63) is 68.8 Å². The van der Waals surface area contributed by atoms with Gasteiger partial charge in [-0.15, -0.1) is 0 Å². The molecule has 31 heavy (non-hydrogen) atoms. The van der Waals surface area contributed by atoms with Crippen molar-refractivity contribution in [1.29, 1.82) is 0 Å². The third kappa shape index (κ3) is 4.66. The summed E-state index contributed by atoms with van der Waals surface area (Å²) in [5, 5.41) is 11.0. The lowest BCUT2D eigenvalue weighted by atomic mass is 10.1. The number of rotatable bonds is 9. The Hall–Kier alpha value is -1.90. The van der Waals surface area contributed by atoms with Crippen LogP contribution in [0.4, 0.5) is 5.69 Å². The van der Waals surface area contributed by atoms with E-state index in [0.29, 0.717) is 10.5 Å². The number of non-ortho nitro benzene ring substituents is 1. The average Bonchev–Trinajstić information content (AvgIpc) is 3.44. The van der Waals surface area contributed by atoms with Gasteiger partial charge in [-0.1, -0.05) is 29.8 Å². The van der Waals surface area contributed by atoms with Crippen molar-refractivity contribution in [2.45, 2.75) is 51.3 Å². The Balaban J connectivity index is 2.05. The number of nitro groups is 1. The highest BCUT2D eigenvalue weighted by molar-refractivity contribution is 7.83. The molecule has 2 aromatic carbocycles. The molecule has 1 heterocycles. The molecule has 1 aliphatic rings. The van der Waals surface area contributed by atoms with Crippen LogP contribution in [0.2, 0.25) is 0 Å². The number of nitro benzene ring substituents is 1. The van der Waals surface area contributed by atoms with Crippen molar-refractivity contribution in [2.75, 3.05) is 13.2 Å². The summed E-state index contributed by atoms with van der Waals surface area (Å²) in [5.41, 5.74) is 3.46. The van der Waals surface area contributed by atoms with Gasteiger partial charge in [0.15, 0.2) is 0 Å². The average molecular weight is 466 g/mol. The molecule has 0 aliphatic carbocycles. The van der Waals surface area contributed by atoms with Gasteiger partial charge in [-0.05, 0) is 51.3 Å². The predicted molar refractivity (Wildman–Crippen MR) is 119 cm³/mol. The van der Waals surface area contributed by atoms with Crippen molar-refractivity contribution in [2.24, 2.45) is 0 Å². The summed E-state index contributed by atoms with van der Waals surface area (Å²) in [5.74, 6) is -0.741. The number of hydrogen-bond acceptors (Lipinski definition) is 6. The van der Waals surface area contributed by atoms with Gasteiger partial charge in [0.1, 0.15) is 16.8 Å². The van der Waals surface area contributed by atoms with Crippen LogP contribution in [0.1, 0.15) is 42.1 Å². The largest absolute Gasteiger partial charge is 0.350 e. The van der Waals surface area contributed by atoms with Crippen LogP contribution in [0.15, 0.2) is 41.3 Å². The molecule has 0 radical (unpaired) electrons. The zero-order valence-electron chi connectivity index (χ0n) is 18.2. The summed E-state index contributed by atoms with van der Waals surface area (Å²) in [6.07, 6.45) is 0. The fourth-order valence-electron chi connectivity index (χ4n) is 3.92. The minimum atomic E-state index is -3.60. The van der Waals surface area contributed by atoms with Gasteiger partial charge in [-0.3, -0.25) is 14.7 Å². The lowest BCUT2D eigenvalue weighted by Crippen LogP contribution is -2.12. The predicted octanol–water partition coefficient (Wildman–Crippen LogP) is 5.19. The fourth-order valence-corrected chi connectivity index (χ4v) is 8.30. The Bertz CT molecular complexity index is 1030. The second-order valence-corrected chi connectivity index (χ2v) is 10.9. The van der Waals surface area contributed by atoms with E-state index >= 15 is 0 Å². The van der Waals surface area contributed by atoms with Gasteiger partial charge in [-0.25, -0.2) is 4.21 Å². The third-order valence-electron chi connectivity index (χ3n) is 5.09. The maximum Gasteiger partial charge on any atom is 0.350 e. The summed E-state index contributed by atoms with van der Waals surface area (Å²) in [7, 11) is -5.22. The number of nitrogens with zero attached hydrogens (tertiary/aromatic N) is 2. The van der Waals surface area contributed by atoms with E-state index in [9.17, 15) is 18.9 Å². The van der Waals surface area contributed by atoms with E-state index in [1.807, 2.05) is 32.9 Å². The van der Waals surface area contributed by atoms with Gasteiger partial charge in [0.05, 0.1) is 29.1 Å². The molecule has 1 saturated heterocycles. The third-order valence-corrected chi connectivity index (χ3v) is 9.49. The van der Waals surface area contributed by atoms with Gasteiger partial charge in [-0.2, -0.15) is 4.31 Å². The van der Waals surface area contributed by atoms with Crippen LogP contribution in [0.3, 0.4) is 0 Å². The Morgan fingerprint density at radius 2 is 1.58 bits per heavy atom. The van der Waals surface area contributed by atoms with Crippen LogP contribution in [-0.2, 0) is 24.6 Å². The summed E-state index contributed by atoms with van der Waals surface area (Å²) < 4.78 is 40.0. The number of benzene rings is 2. The molecule has 0 saturated carbocycles. The Labute approximate surface area is 184 Å². The van der Waals surface area contributed by atoms with Gasteiger partial charge >= 0.3 is 7.60 Å². The minimum absolute atomic E-state index is 0.0448. The van der Waals surface area contributed by atoms with Crippen molar-refractivity contribution in [3.63, 3.8) is 0 Å². The van der Waals surface area contributed by atoms with Crippen LogP contribution in [0.25, 0.3) is 0 Å². The van der Waals surface area contributed by atoms with E-state index in [1.54, 1.807) is 30.3 Å². The quantitative estimate of drug-likeness (QED) is 0.218. The molecule has 2 aromatic rings. The molecular formula is C21H27N2O6PS. The highest BCUT2D eigenvalue weighted by atomic mass is 32.2. The molecule has 0 spiro atoms. The Kier molecular flexibility index (Phi) is 7.13. The van der Waals surface area contributed by atoms with E-state index in [2.05, 4.69) is 0 Å². The molecule has 0 N–H and O–H groups in total. The monoisotopic (exact) mass is 466 g/mol. The molecule has 8 nitrogen and oxygen atoms in total. The second kappa shape index (κ2) is 9.30. The van der Waals surface area contributed by atoms with E-state index in [1.165, 1.54) is 12.1 Å². The molecule has 1 aliphatic heterocycles. The van der Waals surface area contributed by atoms with Gasteiger partial charge in [0.2, 0.25) is 0 Å². The van der Waals surface area contributed by atoms with Gasteiger partial charge < -0.3 is 9.05 Å². The summed E-state index contributed by atoms with van der Waals surface area (Å²) in [6.45, 7) is 9.60. The molecular weight excluding hydrogens is 439 g/mol. The fraction of sp³-hybridized carbons (Fsp3) is 0.429. The zero-order valence-corrected chi connectivity index (χ0v) is 19.9. The first-order chi connectivity index (χ1) is 14.6. The number of hydrogen-bond donors (Lipinski definition) is 0. The summed E-state index contributed by atoms with van der Waals surface area (Å²) in [6, 6.07) is 9.40. The molecule has 168 valence electrons. The van der Waals surface area contributed by atoms with Crippen molar-refractivity contribution < 1.29 is 22.7 Å². The molecule has 1 unspecified atom stereocenters. The van der Waals surface area contributed by atoms with Crippen LogP contribution in [0.5, 0.6) is 0 Å². The lowest BCUT2D eigenvalue weighted by Gasteiger charge is -2.17. The first kappa shape index (κ1) is 23.8. The lowest BCUT2D eigenvalue weighted by molar-refractivity contribution is -0.384. The zero-order chi connectivity index (χ0) is 22.9. The maximum atomic E-state index is 13.7. The molecule has 10 heteroatoms. The van der Waals surface area contributed by atoms with Gasteiger partial charge in [0.25, 0.3) is 5.69 Å². The Morgan fingerprint density at radius 3 is 2.03 bits per heavy atom. The molecule has 0 amide bonds. The molecule has 0 aromatic heterocycles. The van der Waals surface area contributed by atoms with Crippen LogP contribution in [-0.4, -0.2) is 32.4 Å². The van der Waals surface area contributed by atoms with Crippen LogP contribution < -0.4 is 0 Å². The van der Waals surface area contributed by atoms with Crippen molar-refractivity contribution in [3.8, 4) is 0 Å². The van der Waals surface area contributed by atoms with E-state index < -0.39 is 35.3 Å². The van der Waals surface area contributed by atoms with Crippen LogP contribution in [0, 0.1) is 30.9 Å². The SMILES string of the molecule is CCOP(=O)(OCC)[C@H]1[C@@H](c2ccc([N+](=O)[O-])cc2)N1[S@@](=O)c1c(C)cc(C)cc1C. The first-order valence-electron chi connectivity index (χ1n) is 10.1. The minimum Gasteiger partial charge on any atom is -0.308 e. The van der Waals surface area contributed by atoms with Crippen LogP contribution >= 0.6 is 7.60 Å². The van der Waals surface area contributed by atoms with Gasteiger partial charge in [0, 0.05) is 12.1 Å². The highest BCUT2D eigenvalue weighted by Crippen LogP contribution is 2.69. The van der Waals surface area contributed by atoms with E-state index in [-0.39, 0.29) is 18.9 Å². The second-order valence-electron chi connectivity index (χ2n) is 7.42. The molecule has 1 fully saturated rings. The standard InChI is InChI=1S/C21H27N2O6PS/c1-6-28-30(26,29-7-2)21-19(17-8-10-18(11-9-17)23(24)25)22(21)31(27)20-15(4)12-14(3)13-16(20)5/h8-13,19,21H,6-7H2,1-5H3/t19-,21+,22?,31+/m1/s1. The van der Waals surface area contributed by atoms with E-state index in [4.69, 9.17) is 9.05 Å². The summed E-state index contributed by atoms with van der Waals surface area (Å²) >= 11 is 0. The van der Waals surface area contributed by atoms with E-state index in [0.717, 1.165) is 16.7 Å². The molecule has 3 rings (SSSR count). The Morgan fingerprint density at radius 1 is 1.06 bits per heavy atom. The van der Waals surface area contributed by atoms with Crippen molar-refractivity contribution in [1.82, 2.24) is 4.31 Å². The normalized spacial score (nSPS) is 21.6. The van der Waals surface area contributed by atoms with Crippen molar-refractivity contribution >= 4 is 24.3 Å². The topological polar surface area (TPSA) is 98.8 Å². The summed E-state index contributed by atoms with van der Waals surface area (Å²) in [4.78, 5) is 11.2.